The molecular formula is C22H20F2N2O5. The molecule has 31 heavy (non-hydrogen) atoms. The topological polar surface area (TPSA) is 90.7 Å². The molecule has 0 aliphatic rings. The number of esters is 1. The summed E-state index contributed by atoms with van der Waals surface area (Å²) in [6, 6.07) is 9.47. The van der Waals surface area contributed by atoms with Crippen molar-refractivity contribution in [1.82, 2.24) is 5.16 Å². The lowest BCUT2D eigenvalue weighted by Gasteiger charge is -2.09. The fourth-order valence-electron chi connectivity index (χ4n) is 2.71. The van der Waals surface area contributed by atoms with E-state index in [0.717, 1.165) is 29.5 Å². The molecule has 9 heteroatoms. The van der Waals surface area contributed by atoms with Crippen LogP contribution in [-0.4, -0.2) is 23.6 Å². The molecule has 0 unspecified atom stereocenters. The van der Waals surface area contributed by atoms with Crippen molar-refractivity contribution in [2.45, 2.75) is 26.9 Å². The van der Waals surface area contributed by atoms with Gasteiger partial charge < -0.3 is 19.3 Å². The molecule has 0 fully saturated rings. The Morgan fingerprint density at radius 2 is 1.84 bits per heavy atom. The summed E-state index contributed by atoms with van der Waals surface area (Å²) >= 11 is 0. The molecule has 7 nitrogen and oxygen atoms in total. The standard InChI is InChI=1S/C22H20F2N2O5/c1-13-18(14(2)31-26-13)11-29-17-6-3-15(4-7-17)9-22(28)30-12-21(27)25-20-10-16(23)5-8-19(20)24/h3-8,10H,9,11-12H2,1-2H3,(H,25,27). The zero-order valence-corrected chi connectivity index (χ0v) is 16.9. The minimum absolute atomic E-state index is 0.0637. The van der Waals surface area contributed by atoms with Gasteiger partial charge in [-0.05, 0) is 43.7 Å². The molecule has 0 atom stereocenters. The van der Waals surface area contributed by atoms with E-state index >= 15 is 0 Å². The van der Waals surface area contributed by atoms with Crippen molar-refractivity contribution in [3.63, 3.8) is 0 Å². The van der Waals surface area contributed by atoms with Crippen LogP contribution >= 0.6 is 0 Å². The number of halogens is 2. The number of anilines is 1. The van der Waals surface area contributed by atoms with Crippen molar-refractivity contribution >= 4 is 17.6 Å². The minimum atomic E-state index is -0.794. The Hall–Kier alpha value is -3.75. The molecule has 0 aliphatic carbocycles. The van der Waals surface area contributed by atoms with Gasteiger partial charge in [0, 0.05) is 6.07 Å². The number of amides is 1. The van der Waals surface area contributed by atoms with E-state index in [2.05, 4.69) is 10.5 Å². The zero-order chi connectivity index (χ0) is 22.4. The first-order valence-electron chi connectivity index (χ1n) is 9.36. The lowest BCUT2D eigenvalue weighted by Crippen LogP contribution is -2.22. The van der Waals surface area contributed by atoms with Crippen LogP contribution in [0.4, 0.5) is 14.5 Å². The quantitative estimate of drug-likeness (QED) is 0.546. The second kappa shape index (κ2) is 9.84. The van der Waals surface area contributed by atoms with Crippen molar-refractivity contribution in [1.29, 1.82) is 0 Å². The molecule has 162 valence electrons. The Labute approximate surface area is 176 Å². The van der Waals surface area contributed by atoms with E-state index in [-0.39, 0.29) is 12.1 Å². The molecule has 1 amide bonds. The summed E-state index contributed by atoms with van der Waals surface area (Å²) in [6.07, 6.45) is -0.0637. The number of rotatable bonds is 8. The van der Waals surface area contributed by atoms with Gasteiger partial charge in [0.1, 0.15) is 29.8 Å². The van der Waals surface area contributed by atoms with Crippen LogP contribution < -0.4 is 10.1 Å². The summed E-state index contributed by atoms with van der Waals surface area (Å²) in [5, 5.41) is 6.02. The summed E-state index contributed by atoms with van der Waals surface area (Å²) in [6.45, 7) is 3.33. The van der Waals surface area contributed by atoms with E-state index < -0.39 is 30.1 Å². The highest BCUT2D eigenvalue weighted by molar-refractivity contribution is 5.93. The SMILES string of the molecule is Cc1noc(C)c1COc1ccc(CC(=O)OCC(=O)Nc2cc(F)ccc2F)cc1. The van der Waals surface area contributed by atoms with Crippen molar-refractivity contribution in [2.75, 3.05) is 11.9 Å². The maximum atomic E-state index is 13.5. The third kappa shape index (κ3) is 6.11. The lowest BCUT2D eigenvalue weighted by molar-refractivity contribution is -0.146. The first-order chi connectivity index (χ1) is 14.8. The number of hydrogen-bond donors (Lipinski definition) is 1. The predicted molar refractivity (Wildman–Crippen MR) is 106 cm³/mol. The summed E-state index contributed by atoms with van der Waals surface area (Å²) in [5.41, 5.74) is 1.98. The highest BCUT2D eigenvalue weighted by Crippen LogP contribution is 2.18. The van der Waals surface area contributed by atoms with Crippen LogP contribution in [0.25, 0.3) is 0 Å². The van der Waals surface area contributed by atoms with Gasteiger partial charge in [-0.3, -0.25) is 9.59 Å². The Morgan fingerprint density at radius 1 is 1.10 bits per heavy atom. The van der Waals surface area contributed by atoms with Crippen LogP contribution in [0.1, 0.15) is 22.6 Å². The predicted octanol–water partition coefficient (Wildman–Crippen LogP) is 3.87. The van der Waals surface area contributed by atoms with Gasteiger partial charge in [0.05, 0.1) is 23.4 Å². The number of carbonyl (C=O) groups excluding carboxylic acids is 2. The molecule has 0 saturated carbocycles. The van der Waals surface area contributed by atoms with E-state index in [0.29, 0.717) is 23.7 Å². The highest BCUT2D eigenvalue weighted by Gasteiger charge is 2.12. The van der Waals surface area contributed by atoms with E-state index in [1.165, 1.54) is 0 Å². The number of ether oxygens (including phenoxy) is 2. The number of nitrogens with zero attached hydrogens (tertiary/aromatic N) is 1. The van der Waals surface area contributed by atoms with E-state index in [1.807, 2.05) is 13.8 Å². The normalized spacial score (nSPS) is 10.6. The third-order valence-corrected chi connectivity index (χ3v) is 4.40. The third-order valence-electron chi connectivity index (χ3n) is 4.40. The van der Waals surface area contributed by atoms with Crippen LogP contribution in [-0.2, 0) is 27.4 Å². The van der Waals surface area contributed by atoms with E-state index in [9.17, 15) is 18.4 Å². The van der Waals surface area contributed by atoms with Gasteiger partial charge in [0.2, 0.25) is 0 Å². The lowest BCUT2D eigenvalue weighted by atomic mass is 10.1. The molecule has 1 N–H and O–H groups in total. The van der Waals surface area contributed by atoms with Crippen molar-refractivity contribution < 1.29 is 32.4 Å². The summed E-state index contributed by atoms with van der Waals surface area (Å²) in [5.74, 6) is -1.61. The maximum Gasteiger partial charge on any atom is 0.310 e. The van der Waals surface area contributed by atoms with Crippen molar-refractivity contribution in [2.24, 2.45) is 0 Å². The summed E-state index contributed by atoms with van der Waals surface area (Å²) in [4.78, 5) is 23.7. The van der Waals surface area contributed by atoms with Gasteiger partial charge in [0.25, 0.3) is 5.91 Å². The van der Waals surface area contributed by atoms with Crippen LogP contribution in [0.5, 0.6) is 5.75 Å². The Kier molecular flexibility index (Phi) is 6.96. The first-order valence-corrected chi connectivity index (χ1v) is 9.36. The number of aryl methyl sites for hydroxylation is 2. The number of aromatic nitrogens is 1. The molecule has 0 aliphatic heterocycles. The summed E-state index contributed by atoms with van der Waals surface area (Å²) in [7, 11) is 0. The fraction of sp³-hybridized carbons (Fsp3) is 0.227. The zero-order valence-electron chi connectivity index (χ0n) is 16.9. The van der Waals surface area contributed by atoms with Gasteiger partial charge in [-0.2, -0.15) is 0 Å². The molecule has 0 saturated heterocycles. The van der Waals surface area contributed by atoms with E-state index in [4.69, 9.17) is 14.0 Å². The average molecular weight is 430 g/mol. The van der Waals surface area contributed by atoms with Gasteiger partial charge in [0.15, 0.2) is 6.61 Å². The molecule has 0 spiro atoms. The Morgan fingerprint density at radius 3 is 2.52 bits per heavy atom. The van der Waals surface area contributed by atoms with Crippen molar-refractivity contribution in [3.05, 3.63) is 76.7 Å². The monoisotopic (exact) mass is 430 g/mol. The first kappa shape index (κ1) is 21.9. The number of nitrogens with one attached hydrogen (secondary N) is 1. The Balaban J connectivity index is 1.45. The number of carbonyl (C=O) groups is 2. The van der Waals surface area contributed by atoms with Crippen LogP contribution in [0.15, 0.2) is 47.0 Å². The van der Waals surface area contributed by atoms with Crippen LogP contribution in [0.2, 0.25) is 0 Å². The molecule has 3 aromatic rings. The van der Waals surface area contributed by atoms with Gasteiger partial charge in [-0.25, -0.2) is 8.78 Å². The Bertz CT molecular complexity index is 1060. The average Bonchev–Trinajstić information content (AvgIpc) is 3.06. The molecule has 0 bridgehead atoms. The molecule has 1 aromatic heterocycles. The number of hydrogen-bond acceptors (Lipinski definition) is 6. The molecule has 0 radical (unpaired) electrons. The number of benzene rings is 2. The van der Waals surface area contributed by atoms with Crippen LogP contribution in [0, 0.1) is 25.5 Å². The maximum absolute atomic E-state index is 13.5. The molecule has 1 heterocycles. The van der Waals surface area contributed by atoms with Crippen molar-refractivity contribution in [3.8, 4) is 5.75 Å². The van der Waals surface area contributed by atoms with Crippen LogP contribution in [0.3, 0.4) is 0 Å². The largest absolute Gasteiger partial charge is 0.489 e. The summed E-state index contributed by atoms with van der Waals surface area (Å²) < 4.78 is 42.3. The van der Waals surface area contributed by atoms with Gasteiger partial charge in [-0.1, -0.05) is 17.3 Å². The van der Waals surface area contributed by atoms with Gasteiger partial charge >= 0.3 is 5.97 Å². The van der Waals surface area contributed by atoms with Gasteiger partial charge in [-0.15, -0.1) is 0 Å². The smallest absolute Gasteiger partial charge is 0.310 e. The second-order valence-electron chi connectivity index (χ2n) is 6.75. The molecular weight excluding hydrogens is 410 g/mol. The highest BCUT2D eigenvalue weighted by atomic mass is 19.1. The fourth-order valence-corrected chi connectivity index (χ4v) is 2.71. The molecule has 2 aromatic carbocycles. The van der Waals surface area contributed by atoms with E-state index in [1.54, 1.807) is 24.3 Å². The minimum Gasteiger partial charge on any atom is -0.489 e. The molecule has 3 rings (SSSR count). The second-order valence-corrected chi connectivity index (χ2v) is 6.75.